The molecule has 0 saturated carbocycles. The molecule has 1 fully saturated rings. The Morgan fingerprint density at radius 2 is 2.09 bits per heavy atom. The Hall–Kier alpha value is -3.69. The number of hydrazine groups is 1. The van der Waals surface area contributed by atoms with Gasteiger partial charge in [0.25, 0.3) is 0 Å². The molecule has 0 bridgehead atoms. The summed E-state index contributed by atoms with van der Waals surface area (Å²) >= 11 is 0. The highest BCUT2D eigenvalue weighted by molar-refractivity contribution is 5.67. The van der Waals surface area contributed by atoms with E-state index in [9.17, 15) is 4.79 Å². The van der Waals surface area contributed by atoms with Crippen molar-refractivity contribution in [2.75, 3.05) is 25.6 Å². The second kappa shape index (κ2) is 11.4. The Bertz CT molecular complexity index is 1000. The van der Waals surface area contributed by atoms with Crippen LogP contribution in [0.2, 0.25) is 0 Å². The van der Waals surface area contributed by atoms with Crippen LogP contribution >= 0.6 is 0 Å². The van der Waals surface area contributed by atoms with Gasteiger partial charge in [0.2, 0.25) is 5.88 Å². The third-order valence-corrected chi connectivity index (χ3v) is 4.70. The number of hydrogen-bond donors (Lipinski definition) is 4. The van der Waals surface area contributed by atoms with E-state index >= 15 is 0 Å². The number of nitriles is 1. The Kier molecular flexibility index (Phi) is 8.39. The number of pyridine rings is 1. The van der Waals surface area contributed by atoms with E-state index in [-0.39, 0.29) is 17.9 Å². The molecule has 0 aliphatic carbocycles. The largest absolute Gasteiger partial charge is 0.496 e. The average Bonchev–Trinajstić information content (AvgIpc) is 3.25. The lowest BCUT2D eigenvalue weighted by Gasteiger charge is -2.20. The predicted molar refractivity (Wildman–Crippen MR) is 123 cm³/mol. The van der Waals surface area contributed by atoms with Crippen LogP contribution in [-0.4, -0.2) is 53.1 Å². The normalized spacial score (nSPS) is 17.5. The first-order chi connectivity index (χ1) is 16.3. The third kappa shape index (κ3) is 7.16. The van der Waals surface area contributed by atoms with Crippen molar-refractivity contribution >= 4 is 11.9 Å². The average molecular weight is 471 g/mol. The minimum absolute atomic E-state index is 0.150. The van der Waals surface area contributed by atoms with Gasteiger partial charge in [-0.3, -0.25) is 0 Å². The fourth-order valence-electron chi connectivity index (χ4n) is 3.28. The van der Waals surface area contributed by atoms with Crippen LogP contribution in [0.5, 0.6) is 11.6 Å². The van der Waals surface area contributed by atoms with Crippen molar-refractivity contribution in [3.63, 3.8) is 0 Å². The fraction of sp³-hybridized carbons (Fsp3) is 0.500. The Morgan fingerprint density at radius 3 is 2.76 bits per heavy atom. The van der Waals surface area contributed by atoms with Crippen molar-refractivity contribution < 1.29 is 19.0 Å². The molecule has 0 radical (unpaired) electrons. The highest BCUT2D eigenvalue weighted by Gasteiger charge is 2.31. The number of amides is 1. The van der Waals surface area contributed by atoms with E-state index in [4.69, 9.17) is 19.5 Å². The lowest BCUT2D eigenvalue weighted by Crippen LogP contribution is -2.36. The number of anilines is 1. The van der Waals surface area contributed by atoms with Crippen molar-refractivity contribution in [2.24, 2.45) is 0 Å². The minimum Gasteiger partial charge on any atom is -0.496 e. The molecule has 1 amide bonds. The van der Waals surface area contributed by atoms with Crippen LogP contribution in [0.25, 0.3) is 0 Å². The molecule has 3 rings (SSSR count). The van der Waals surface area contributed by atoms with Gasteiger partial charge >= 0.3 is 6.09 Å². The van der Waals surface area contributed by atoms with Gasteiger partial charge in [-0.2, -0.15) is 5.26 Å². The number of hydrogen-bond acceptors (Lipinski definition) is 11. The molecule has 182 valence electrons. The number of nitrogens with zero attached hydrogens (tertiary/aromatic N) is 4. The molecule has 2 atom stereocenters. The summed E-state index contributed by atoms with van der Waals surface area (Å²) in [7, 11) is 1.60. The maximum Gasteiger partial charge on any atom is 0.407 e. The number of methoxy groups -OCH3 is 1. The van der Waals surface area contributed by atoms with Gasteiger partial charge in [0.15, 0.2) is 5.69 Å². The lowest BCUT2D eigenvalue weighted by atomic mass is 10.0. The van der Waals surface area contributed by atoms with Crippen LogP contribution < -0.4 is 31.0 Å². The molecular formula is C22H30N8O4. The standard InChI is InChI=1S/C22H30N8O4/c1-22(2,3)34-21(31)25-7-5-9-33-20-19(16(32-4)6-8-24-20)15-10-17(30-29-15)28-18-13-26-14(11-23)12-27-18/h6,8,12-13,15,17,29-30H,5,7,9-10H2,1-4H3,(H,25,31)(H,27,28). The van der Waals surface area contributed by atoms with E-state index in [0.29, 0.717) is 43.4 Å². The van der Waals surface area contributed by atoms with Gasteiger partial charge in [0, 0.05) is 19.2 Å². The summed E-state index contributed by atoms with van der Waals surface area (Å²) in [5.74, 6) is 1.65. The Morgan fingerprint density at radius 1 is 1.26 bits per heavy atom. The van der Waals surface area contributed by atoms with Crippen LogP contribution in [0.3, 0.4) is 0 Å². The van der Waals surface area contributed by atoms with E-state index in [2.05, 4.69) is 36.4 Å². The van der Waals surface area contributed by atoms with Crippen LogP contribution in [0.1, 0.15) is 50.9 Å². The van der Waals surface area contributed by atoms with Crippen molar-refractivity contribution in [2.45, 2.75) is 51.4 Å². The molecule has 3 heterocycles. The number of alkyl carbamates (subject to hydrolysis) is 1. The van der Waals surface area contributed by atoms with Gasteiger partial charge in [-0.1, -0.05) is 0 Å². The predicted octanol–water partition coefficient (Wildman–Crippen LogP) is 2.02. The molecule has 2 aromatic rings. The molecule has 2 aromatic heterocycles. The highest BCUT2D eigenvalue weighted by Crippen LogP contribution is 2.36. The van der Waals surface area contributed by atoms with Crippen LogP contribution in [0.4, 0.5) is 10.6 Å². The molecule has 4 N–H and O–H groups in total. The smallest absolute Gasteiger partial charge is 0.407 e. The van der Waals surface area contributed by atoms with E-state index in [1.54, 1.807) is 19.4 Å². The van der Waals surface area contributed by atoms with Gasteiger partial charge in [-0.05, 0) is 33.3 Å². The second-order valence-corrected chi connectivity index (χ2v) is 8.54. The number of ether oxygens (including phenoxy) is 3. The van der Waals surface area contributed by atoms with Gasteiger partial charge < -0.3 is 24.8 Å². The zero-order valence-corrected chi connectivity index (χ0v) is 19.7. The van der Waals surface area contributed by atoms with Crippen LogP contribution in [0.15, 0.2) is 24.7 Å². The molecule has 1 saturated heterocycles. The van der Waals surface area contributed by atoms with Crippen molar-refractivity contribution in [1.29, 1.82) is 5.26 Å². The van der Waals surface area contributed by atoms with Gasteiger partial charge in [-0.15, -0.1) is 0 Å². The first-order valence-corrected chi connectivity index (χ1v) is 10.9. The number of carbonyl (C=O) groups is 1. The number of nitrogens with one attached hydrogen (secondary N) is 4. The summed E-state index contributed by atoms with van der Waals surface area (Å²) < 4.78 is 16.7. The topological polar surface area (TPSA) is 155 Å². The third-order valence-electron chi connectivity index (χ3n) is 4.70. The zero-order chi connectivity index (χ0) is 24.6. The number of aromatic nitrogens is 3. The molecule has 12 heteroatoms. The quantitative estimate of drug-likeness (QED) is 0.398. The summed E-state index contributed by atoms with van der Waals surface area (Å²) in [6.07, 6.45) is 5.16. The van der Waals surface area contributed by atoms with Gasteiger partial charge in [-0.25, -0.2) is 30.6 Å². The van der Waals surface area contributed by atoms with E-state index < -0.39 is 11.7 Å². The molecule has 12 nitrogen and oxygen atoms in total. The molecule has 34 heavy (non-hydrogen) atoms. The van der Waals surface area contributed by atoms with Crippen molar-refractivity contribution in [3.8, 4) is 17.7 Å². The maximum absolute atomic E-state index is 11.8. The summed E-state index contributed by atoms with van der Waals surface area (Å²) in [5.41, 5.74) is 6.91. The van der Waals surface area contributed by atoms with Crippen LogP contribution in [0, 0.1) is 11.3 Å². The first-order valence-electron chi connectivity index (χ1n) is 10.9. The van der Waals surface area contributed by atoms with Gasteiger partial charge in [0.05, 0.1) is 43.9 Å². The summed E-state index contributed by atoms with van der Waals surface area (Å²) in [4.78, 5) is 24.3. The SMILES string of the molecule is COc1ccnc(OCCCNC(=O)OC(C)(C)C)c1C1CC(Nc2cnc(C#N)cn2)NN1. The molecule has 0 aromatic carbocycles. The van der Waals surface area contributed by atoms with Crippen molar-refractivity contribution in [1.82, 2.24) is 31.1 Å². The first kappa shape index (κ1) is 24.9. The molecule has 1 aliphatic rings. The van der Waals surface area contributed by atoms with E-state index in [0.717, 1.165) is 5.56 Å². The lowest BCUT2D eigenvalue weighted by molar-refractivity contribution is 0.0525. The Labute approximate surface area is 198 Å². The monoisotopic (exact) mass is 470 g/mol. The molecule has 1 aliphatic heterocycles. The highest BCUT2D eigenvalue weighted by atomic mass is 16.6. The van der Waals surface area contributed by atoms with Gasteiger partial charge in [0.1, 0.15) is 23.2 Å². The maximum atomic E-state index is 11.8. The zero-order valence-electron chi connectivity index (χ0n) is 19.7. The summed E-state index contributed by atoms with van der Waals surface area (Å²) in [6.45, 7) is 6.21. The number of rotatable bonds is 9. The fourth-order valence-corrected chi connectivity index (χ4v) is 3.28. The molecule has 2 unspecified atom stereocenters. The van der Waals surface area contributed by atoms with E-state index in [1.165, 1.54) is 12.4 Å². The number of carbonyl (C=O) groups excluding carboxylic acids is 1. The molecular weight excluding hydrogens is 440 g/mol. The van der Waals surface area contributed by atoms with Crippen molar-refractivity contribution in [3.05, 3.63) is 35.9 Å². The van der Waals surface area contributed by atoms with E-state index in [1.807, 2.05) is 26.8 Å². The summed E-state index contributed by atoms with van der Waals surface area (Å²) in [6, 6.07) is 3.57. The second-order valence-electron chi connectivity index (χ2n) is 8.54. The van der Waals surface area contributed by atoms with Crippen LogP contribution in [-0.2, 0) is 4.74 Å². The Balaban J connectivity index is 1.56. The summed E-state index contributed by atoms with van der Waals surface area (Å²) in [5, 5.41) is 14.8. The minimum atomic E-state index is -0.540. The molecule has 0 spiro atoms.